The normalized spacial score (nSPS) is 12.6. The Balaban J connectivity index is 2.08. The van der Waals surface area contributed by atoms with Gasteiger partial charge in [0.05, 0.1) is 11.8 Å². The molecule has 1 amide bonds. The number of rotatable bonds is 5. The smallest absolute Gasteiger partial charge is 0.263 e. The fourth-order valence-corrected chi connectivity index (χ4v) is 3.25. The molecule has 0 saturated carbocycles. The van der Waals surface area contributed by atoms with Gasteiger partial charge in [-0.15, -0.1) is 11.3 Å². The number of thiophene rings is 1. The summed E-state index contributed by atoms with van der Waals surface area (Å²) in [5.74, 6) is -0.176. The van der Waals surface area contributed by atoms with E-state index in [2.05, 4.69) is 5.32 Å². The zero-order valence-electron chi connectivity index (χ0n) is 11.1. The van der Waals surface area contributed by atoms with Gasteiger partial charge in [-0.2, -0.15) is 0 Å². The molecule has 4 N–H and O–H groups in total. The molecule has 0 aliphatic rings. The van der Waals surface area contributed by atoms with E-state index in [1.54, 1.807) is 13.0 Å². The maximum absolute atomic E-state index is 12.1. The minimum Gasteiger partial charge on any atom is -0.397 e. The molecule has 0 aliphatic carbocycles. The standard InChI is InChI=1S/C14H17ClN2O2S/c1-8(18)3-2-6-17-14(19)13-12(16)10-5-4-9(15)7-11(10)20-13/h4-5,7-8,18H,2-3,6,16H2,1H3,(H,17,19). The molecule has 1 unspecified atom stereocenters. The number of halogens is 1. The Hall–Kier alpha value is -1.30. The number of hydrogen-bond donors (Lipinski definition) is 3. The molecule has 0 radical (unpaired) electrons. The van der Waals surface area contributed by atoms with E-state index >= 15 is 0 Å². The van der Waals surface area contributed by atoms with Crippen molar-refractivity contribution >= 4 is 44.6 Å². The number of hydrogen-bond acceptors (Lipinski definition) is 4. The molecule has 20 heavy (non-hydrogen) atoms. The molecule has 1 aromatic heterocycles. The van der Waals surface area contributed by atoms with E-state index in [0.29, 0.717) is 28.6 Å². The Morgan fingerprint density at radius 1 is 1.55 bits per heavy atom. The Kier molecular flexibility index (Phi) is 4.86. The van der Waals surface area contributed by atoms with Crippen LogP contribution in [0.1, 0.15) is 29.4 Å². The predicted octanol–water partition coefficient (Wildman–Crippen LogP) is 3.03. The van der Waals surface area contributed by atoms with Gasteiger partial charge in [0.1, 0.15) is 4.88 Å². The predicted molar refractivity (Wildman–Crippen MR) is 84.5 cm³/mol. The third kappa shape index (κ3) is 3.42. The number of benzene rings is 1. The van der Waals surface area contributed by atoms with Crippen LogP contribution in [0.2, 0.25) is 5.02 Å². The van der Waals surface area contributed by atoms with E-state index in [1.165, 1.54) is 11.3 Å². The Labute approximate surface area is 126 Å². The number of aliphatic hydroxyl groups is 1. The van der Waals surface area contributed by atoms with Gasteiger partial charge in [0.2, 0.25) is 0 Å². The summed E-state index contributed by atoms with van der Waals surface area (Å²) in [6, 6.07) is 5.40. The number of carbonyl (C=O) groups excluding carboxylic acids is 1. The molecule has 1 aromatic carbocycles. The lowest BCUT2D eigenvalue weighted by Crippen LogP contribution is -2.24. The number of amides is 1. The van der Waals surface area contributed by atoms with E-state index in [9.17, 15) is 4.79 Å². The van der Waals surface area contributed by atoms with Crippen LogP contribution >= 0.6 is 22.9 Å². The maximum atomic E-state index is 12.1. The molecule has 1 heterocycles. The van der Waals surface area contributed by atoms with Crippen LogP contribution in [0, 0.1) is 0 Å². The molecule has 0 aliphatic heterocycles. The SMILES string of the molecule is CC(O)CCCNC(=O)c1sc2cc(Cl)ccc2c1N. The first-order valence-corrected chi connectivity index (χ1v) is 7.62. The number of aliphatic hydroxyl groups excluding tert-OH is 1. The van der Waals surface area contributed by atoms with Crippen LogP contribution in [-0.2, 0) is 0 Å². The lowest BCUT2D eigenvalue weighted by molar-refractivity contribution is 0.0954. The second-order valence-corrected chi connectivity index (χ2v) is 6.22. The summed E-state index contributed by atoms with van der Waals surface area (Å²) >= 11 is 7.27. The van der Waals surface area contributed by atoms with Gasteiger partial charge in [-0.1, -0.05) is 11.6 Å². The van der Waals surface area contributed by atoms with E-state index in [1.807, 2.05) is 12.1 Å². The quantitative estimate of drug-likeness (QED) is 0.743. The monoisotopic (exact) mass is 312 g/mol. The molecular formula is C14H17ClN2O2S. The zero-order valence-corrected chi connectivity index (χ0v) is 12.7. The molecule has 2 aromatic rings. The summed E-state index contributed by atoms with van der Waals surface area (Å²) in [4.78, 5) is 12.6. The minimum atomic E-state index is -0.344. The number of fused-ring (bicyclic) bond motifs is 1. The molecule has 0 fully saturated rings. The summed E-state index contributed by atoms with van der Waals surface area (Å²) in [6.07, 6.45) is 1.06. The summed E-state index contributed by atoms with van der Waals surface area (Å²) < 4.78 is 0.907. The first-order valence-electron chi connectivity index (χ1n) is 6.43. The van der Waals surface area contributed by atoms with Gasteiger partial charge in [-0.05, 0) is 38.0 Å². The Bertz CT molecular complexity index is 625. The Morgan fingerprint density at radius 2 is 2.30 bits per heavy atom. The average Bonchev–Trinajstić information content (AvgIpc) is 2.71. The van der Waals surface area contributed by atoms with Gasteiger partial charge in [0, 0.05) is 21.7 Å². The second kappa shape index (κ2) is 6.43. The first-order chi connectivity index (χ1) is 9.49. The van der Waals surface area contributed by atoms with Crippen LogP contribution in [0.15, 0.2) is 18.2 Å². The second-order valence-electron chi connectivity index (χ2n) is 4.73. The van der Waals surface area contributed by atoms with Gasteiger partial charge >= 0.3 is 0 Å². The van der Waals surface area contributed by atoms with Crippen molar-refractivity contribution in [2.45, 2.75) is 25.9 Å². The largest absolute Gasteiger partial charge is 0.397 e. The molecule has 0 bridgehead atoms. The van der Waals surface area contributed by atoms with Crippen LogP contribution < -0.4 is 11.1 Å². The van der Waals surface area contributed by atoms with Crippen molar-refractivity contribution in [1.82, 2.24) is 5.32 Å². The number of nitrogens with one attached hydrogen (secondary N) is 1. The van der Waals surface area contributed by atoms with Crippen molar-refractivity contribution in [1.29, 1.82) is 0 Å². The van der Waals surface area contributed by atoms with Gasteiger partial charge < -0.3 is 16.2 Å². The van der Waals surface area contributed by atoms with Crippen molar-refractivity contribution in [3.05, 3.63) is 28.1 Å². The number of nitrogen functional groups attached to an aromatic ring is 1. The number of nitrogens with two attached hydrogens (primary N) is 1. The highest BCUT2D eigenvalue weighted by Crippen LogP contribution is 2.35. The molecule has 4 nitrogen and oxygen atoms in total. The van der Waals surface area contributed by atoms with Gasteiger partial charge in [0.15, 0.2) is 0 Å². The van der Waals surface area contributed by atoms with Crippen molar-refractivity contribution < 1.29 is 9.90 Å². The average molecular weight is 313 g/mol. The minimum absolute atomic E-state index is 0.176. The van der Waals surface area contributed by atoms with Crippen molar-refractivity contribution in [2.24, 2.45) is 0 Å². The molecule has 1 atom stereocenters. The van der Waals surface area contributed by atoms with Gasteiger partial charge in [-0.3, -0.25) is 4.79 Å². The van der Waals surface area contributed by atoms with Crippen molar-refractivity contribution in [2.75, 3.05) is 12.3 Å². The van der Waals surface area contributed by atoms with E-state index in [4.69, 9.17) is 22.4 Å². The fraction of sp³-hybridized carbons (Fsp3) is 0.357. The van der Waals surface area contributed by atoms with Crippen LogP contribution in [0.25, 0.3) is 10.1 Å². The molecule has 6 heteroatoms. The van der Waals surface area contributed by atoms with Crippen LogP contribution in [0.4, 0.5) is 5.69 Å². The molecule has 0 saturated heterocycles. The molecular weight excluding hydrogens is 296 g/mol. The molecule has 2 rings (SSSR count). The Morgan fingerprint density at radius 3 is 3.00 bits per heavy atom. The summed E-state index contributed by atoms with van der Waals surface area (Å²) in [5.41, 5.74) is 6.50. The highest BCUT2D eigenvalue weighted by atomic mass is 35.5. The third-order valence-electron chi connectivity index (χ3n) is 2.98. The van der Waals surface area contributed by atoms with Crippen LogP contribution in [0.5, 0.6) is 0 Å². The summed E-state index contributed by atoms with van der Waals surface area (Å²) in [7, 11) is 0. The highest BCUT2D eigenvalue weighted by molar-refractivity contribution is 7.21. The highest BCUT2D eigenvalue weighted by Gasteiger charge is 2.16. The molecule has 108 valence electrons. The maximum Gasteiger partial charge on any atom is 0.263 e. The van der Waals surface area contributed by atoms with E-state index in [-0.39, 0.29) is 12.0 Å². The lowest BCUT2D eigenvalue weighted by Gasteiger charge is -2.05. The van der Waals surface area contributed by atoms with Gasteiger partial charge in [0.25, 0.3) is 5.91 Å². The zero-order chi connectivity index (χ0) is 14.7. The van der Waals surface area contributed by atoms with Crippen LogP contribution in [-0.4, -0.2) is 23.7 Å². The topological polar surface area (TPSA) is 75.3 Å². The van der Waals surface area contributed by atoms with E-state index in [0.717, 1.165) is 16.5 Å². The molecule has 0 spiro atoms. The fourth-order valence-electron chi connectivity index (χ4n) is 1.94. The van der Waals surface area contributed by atoms with Crippen molar-refractivity contribution in [3.63, 3.8) is 0 Å². The van der Waals surface area contributed by atoms with E-state index < -0.39 is 0 Å². The van der Waals surface area contributed by atoms with Crippen molar-refractivity contribution in [3.8, 4) is 0 Å². The lowest BCUT2D eigenvalue weighted by atomic mass is 10.2. The summed E-state index contributed by atoms with van der Waals surface area (Å²) in [6.45, 7) is 2.26. The number of anilines is 1. The third-order valence-corrected chi connectivity index (χ3v) is 4.38. The van der Waals surface area contributed by atoms with Gasteiger partial charge in [-0.25, -0.2) is 0 Å². The first kappa shape index (κ1) is 15.1. The number of carbonyl (C=O) groups is 1. The summed E-state index contributed by atoms with van der Waals surface area (Å²) in [5, 5.41) is 13.5. The van der Waals surface area contributed by atoms with Crippen LogP contribution in [0.3, 0.4) is 0 Å².